The second kappa shape index (κ2) is 7.06. The number of sulfonamides is 1. The van der Waals surface area contributed by atoms with E-state index in [1.165, 1.54) is 23.1 Å². The Bertz CT molecular complexity index is 934. The summed E-state index contributed by atoms with van der Waals surface area (Å²) in [5.41, 5.74) is 2.01. The highest BCUT2D eigenvalue weighted by atomic mass is 32.2. The zero-order chi connectivity index (χ0) is 17.2. The summed E-state index contributed by atoms with van der Waals surface area (Å²) in [6.07, 6.45) is 1.92. The quantitative estimate of drug-likeness (QED) is 0.666. The largest absolute Gasteiger partial charge is 0.273 e. The van der Waals surface area contributed by atoms with Crippen molar-refractivity contribution in [3.8, 4) is 5.69 Å². The van der Waals surface area contributed by atoms with Crippen LogP contribution in [-0.2, 0) is 16.6 Å². The molecular formula is C15H16N4O2S3. The standard InChI is InChI=1S/C15H16N4O2S3/c1-11-6-3-4-7-12(11)19-13(17-18-15(19)22-2)10-16-24(20,21)14-8-5-9-23-14/h3-9,16H,10H2,1-2H3. The van der Waals surface area contributed by atoms with E-state index in [2.05, 4.69) is 14.9 Å². The molecule has 3 aromatic rings. The van der Waals surface area contributed by atoms with Gasteiger partial charge in [0, 0.05) is 0 Å². The van der Waals surface area contributed by atoms with Crippen molar-refractivity contribution in [1.29, 1.82) is 0 Å². The molecule has 1 aromatic carbocycles. The summed E-state index contributed by atoms with van der Waals surface area (Å²) in [6.45, 7) is 2.07. The highest BCUT2D eigenvalue weighted by Crippen LogP contribution is 2.23. The fourth-order valence-corrected chi connectivity index (χ4v) is 4.78. The molecule has 24 heavy (non-hydrogen) atoms. The number of nitrogens with zero attached hydrogens (tertiary/aromatic N) is 3. The van der Waals surface area contributed by atoms with Gasteiger partial charge in [0.15, 0.2) is 11.0 Å². The summed E-state index contributed by atoms with van der Waals surface area (Å²) in [7, 11) is -3.54. The maximum absolute atomic E-state index is 12.3. The van der Waals surface area contributed by atoms with Gasteiger partial charge < -0.3 is 0 Å². The minimum Gasteiger partial charge on any atom is -0.273 e. The van der Waals surface area contributed by atoms with E-state index in [0.717, 1.165) is 16.4 Å². The first-order chi connectivity index (χ1) is 11.5. The molecule has 0 bridgehead atoms. The van der Waals surface area contributed by atoms with Crippen molar-refractivity contribution in [2.75, 3.05) is 6.26 Å². The Kier molecular flexibility index (Phi) is 5.04. The SMILES string of the molecule is CSc1nnc(CNS(=O)(=O)c2cccs2)n1-c1ccccc1C. The van der Waals surface area contributed by atoms with Crippen molar-refractivity contribution < 1.29 is 8.42 Å². The Hall–Kier alpha value is -1.68. The molecule has 0 radical (unpaired) electrons. The topological polar surface area (TPSA) is 76.9 Å². The van der Waals surface area contributed by atoms with E-state index in [1.807, 2.05) is 42.0 Å². The zero-order valence-corrected chi connectivity index (χ0v) is 15.6. The first-order valence-electron chi connectivity index (χ1n) is 7.10. The number of thioether (sulfide) groups is 1. The van der Waals surface area contributed by atoms with Crippen molar-refractivity contribution in [2.45, 2.75) is 22.8 Å². The van der Waals surface area contributed by atoms with Crippen LogP contribution in [0.5, 0.6) is 0 Å². The van der Waals surface area contributed by atoms with E-state index in [9.17, 15) is 8.42 Å². The second-order valence-electron chi connectivity index (χ2n) is 4.98. The molecule has 0 saturated carbocycles. The fraction of sp³-hybridized carbons (Fsp3) is 0.200. The smallest absolute Gasteiger partial charge is 0.250 e. The minimum atomic E-state index is -3.54. The lowest BCUT2D eigenvalue weighted by molar-refractivity contribution is 0.580. The molecule has 9 heteroatoms. The number of rotatable bonds is 6. The van der Waals surface area contributed by atoms with Crippen LogP contribution in [0.25, 0.3) is 5.69 Å². The van der Waals surface area contributed by atoms with Crippen molar-refractivity contribution in [3.05, 3.63) is 53.2 Å². The zero-order valence-electron chi connectivity index (χ0n) is 13.1. The summed E-state index contributed by atoms with van der Waals surface area (Å²) >= 11 is 2.65. The van der Waals surface area contributed by atoms with Gasteiger partial charge in [0.05, 0.1) is 12.2 Å². The van der Waals surface area contributed by atoms with E-state index in [1.54, 1.807) is 17.5 Å². The third-order valence-corrected chi connectivity index (χ3v) is 6.85. The Labute approximate surface area is 149 Å². The number of benzene rings is 1. The predicted octanol–water partition coefficient (Wildman–Crippen LogP) is 2.84. The lowest BCUT2D eigenvalue weighted by Gasteiger charge is -2.12. The molecule has 0 unspecified atom stereocenters. The van der Waals surface area contributed by atoms with E-state index in [-0.39, 0.29) is 10.8 Å². The molecular weight excluding hydrogens is 364 g/mol. The highest BCUT2D eigenvalue weighted by Gasteiger charge is 2.19. The third-order valence-electron chi connectivity index (χ3n) is 3.42. The summed E-state index contributed by atoms with van der Waals surface area (Å²) in [4.78, 5) is 0. The van der Waals surface area contributed by atoms with Crippen molar-refractivity contribution >= 4 is 33.1 Å². The van der Waals surface area contributed by atoms with Crippen molar-refractivity contribution in [1.82, 2.24) is 19.5 Å². The first kappa shape index (κ1) is 17.2. The molecule has 6 nitrogen and oxygen atoms in total. The van der Waals surface area contributed by atoms with Crippen LogP contribution in [0.15, 0.2) is 51.1 Å². The van der Waals surface area contributed by atoms with Gasteiger partial charge in [0.2, 0.25) is 10.0 Å². The average molecular weight is 381 g/mol. The molecule has 0 fully saturated rings. The molecule has 0 amide bonds. The number of aromatic nitrogens is 3. The van der Waals surface area contributed by atoms with Gasteiger partial charge in [-0.15, -0.1) is 21.5 Å². The van der Waals surface area contributed by atoms with Crippen LogP contribution in [0.1, 0.15) is 11.4 Å². The van der Waals surface area contributed by atoms with Crippen molar-refractivity contribution in [2.24, 2.45) is 0 Å². The van der Waals surface area contributed by atoms with Gasteiger partial charge in [-0.1, -0.05) is 36.0 Å². The van der Waals surface area contributed by atoms with Gasteiger partial charge in [-0.3, -0.25) is 4.57 Å². The fourth-order valence-electron chi connectivity index (χ4n) is 2.25. The summed E-state index contributed by atoms with van der Waals surface area (Å²) in [5.74, 6) is 0.550. The molecule has 0 saturated heterocycles. The monoisotopic (exact) mass is 380 g/mol. The van der Waals surface area contributed by atoms with E-state index in [0.29, 0.717) is 5.82 Å². The van der Waals surface area contributed by atoms with Gasteiger partial charge in [-0.25, -0.2) is 13.1 Å². The maximum Gasteiger partial charge on any atom is 0.250 e. The lowest BCUT2D eigenvalue weighted by Crippen LogP contribution is -2.24. The molecule has 0 aliphatic carbocycles. The maximum atomic E-state index is 12.3. The Morgan fingerprint density at radius 2 is 2.00 bits per heavy atom. The van der Waals surface area contributed by atoms with Gasteiger partial charge in [-0.2, -0.15) is 0 Å². The Balaban J connectivity index is 1.93. The van der Waals surface area contributed by atoms with Crippen LogP contribution in [0, 0.1) is 6.92 Å². The van der Waals surface area contributed by atoms with Gasteiger partial charge in [0.1, 0.15) is 4.21 Å². The molecule has 0 aliphatic heterocycles. The number of thiophene rings is 1. The number of hydrogen-bond donors (Lipinski definition) is 1. The van der Waals surface area contributed by atoms with Crippen molar-refractivity contribution in [3.63, 3.8) is 0 Å². The third kappa shape index (κ3) is 3.39. The molecule has 0 atom stereocenters. The lowest BCUT2D eigenvalue weighted by atomic mass is 10.2. The molecule has 3 rings (SSSR count). The van der Waals surface area contributed by atoms with Gasteiger partial charge in [0.25, 0.3) is 0 Å². The average Bonchev–Trinajstić information content (AvgIpc) is 3.23. The van der Waals surface area contributed by atoms with Crippen LogP contribution in [-0.4, -0.2) is 29.4 Å². The Morgan fingerprint density at radius 1 is 1.21 bits per heavy atom. The van der Waals surface area contributed by atoms with E-state index >= 15 is 0 Å². The summed E-state index contributed by atoms with van der Waals surface area (Å²) < 4.78 is 29.4. The van der Waals surface area contributed by atoms with E-state index in [4.69, 9.17) is 0 Å². The van der Waals surface area contributed by atoms with Crippen LogP contribution in [0.3, 0.4) is 0 Å². The second-order valence-corrected chi connectivity index (χ2v) is 8.70. The normalized spacial score (nSPS) is 11.8. The molecule has 2 aromatic heterocycles. The highest BCUT2D eigenvalue weighted by molar-refractivity contribution is 7.98. The minimum absolute atomic E-state index is 0.0716. The number of hydrogen-bond acceptors (Lipinski definition) is 6. The number of nitrogens with one attached hydrogen (secondary N) is 1. The number of para-hydroxylation sites is 1. The molecule has 126 valence electrons. The molecule has 1 N–H and O–H groups in total. The van der Waals surface area contributed by atoms with Gasteiger partial charge in [-0.05, 0) is 36.3 Å². The van der Waals surface area contributed by atoms with Crippen LogP contribution in [0.2, 0.25) is 0 Å². The van der Waals surface area contributed by atoms with Crippen LogP contribution < -0.4 is 4.72 Å². The van der Waals surface area contributed by atoms with Crippen LogP contribution >= 0.6 is 23.1 Å². The molecule has 0 aliphatic rings. The van der Waals surface area contributed by atoms with Gasteiger partial charge >= 0.3 is 0 Å². The molecule has 0 spiro atoms. The predicted molar refractivity (Wildman–Crippen MR) is 96.2 cm³/mol. The first-order valence-corrected chi connectivity index (χ1v) is 10.7. The number of aryl methyl sites for hydroxylation is 1. The van der Waals surface area contributed by atoms with Crippen LogP contribution in [0.4, 0.5) is 0 Å². The summed E-state index contributed by atoms with van der Waals surface area (Å²) in [6, 6.07) is 11.1. The summed E-state index contributed by atoms with van der Waals surface area (Å²) in [5, 5.41) is 10.8. The molecule has 2 heterocycles. The van der Waals surface area contributed by atoms with E-state index < -0.39 is 10.0 Å². The Morgan fingerprint density at radius 3 is 2.67 bits per heavy atom.